The summed E-state index contributed by atoms with van der Waals surface area (Å²) in [5.74, 6) is 0. The van der Waals surface area contributed by atoms with E-state index in [0.29, 0.717) is 5.56 Å². The maximum atomic E-state index is 9.39. The zero-order chi connectivity index (χ0) is 18.0. The fourth-order valence-electron chi connectivity index (χ4n) is 3.89. The van der Waals surface area contributed by atoms with E-state index in [1.807, 2.05) is 23.5 Å². The molecule has 0 N–H and O–H groups in total. The smallest absolute Gasteiger partial charge is 0.110 e. The highest BCUT2D eigenvalue weighted by Crippen LogP contribution is 2.48. The van der Waals surface area contributed by atoms with Crippen LogP contribution < -0.4 is 0 Å². The van der Waals surface area contributed by atoms with Gasteiger partial charge in [-0.25, -0.2) is 0 Å². The number of aromatic nitrogens is 1. The van der Waals surface area contributed by atoms with Crippen LogP contribution in [-0.2, 0) is 0 Å². The van der Waals surface area contributed by atoms with Gasteiger partial charge in [-0.15, -0.1) is 22.7 Å². The largest absolute Gasteiger partial charge is 0.292 e. The van der Waals surface area contributed by atoms with Crippen molar-refractivity contribution in [3.63, 3.8) is 0 Å². The molecule has 6 rings (SSSR count). The summed E-state index contributed by atoms with van der Waals surface area (Å²) in [6, 6.07) is 27.5. The molecule has 6 aromatic rings. The fraction of sp³-hybridized carbons (Fsp3) is 0. The molecule has 0 fully saturated rings. The van der Waals surface area contributed by atoms with Crippen LogP contribution in [0.2, 0.25) is 0 Å². The molecule has 2 nitrogen and oxygen atoms in total. The molecule has 0 aliphatic heterocycles. The fourth-order valence-corrected chi connectivity index (χ4v) is 6.40. The van der Waals surface area contributed by atoms with Gasteiger partial charge in [0.25, 0.3) is 0 Å². The Morgan fingerprint density at radius 1 is 0.704 bits per heavy atom. The van der Waals surface area contributed by atoms with Crippen LogP contribution in [0.25, 0.3) is 46.3 Å². The molecule has 0 aliphatic rings. The predicted molar refractivity (Wildman–Crippen MR) is 116 cm³/mol. The number of benzene rings is 3. The molecule has 3 aromatic carbocycles. The van der Waals surface area contributed by atoms with Crippen LogP contribution >= 0.6 is 22.7 Å². The third kappa shape index (κ3) is 1.98. The minimum absolute atomic E-state index is 0.711. The quantitative estimate of drug-likeness (QED) is 0.299. The summed E-state index contributed by atoms with van der Waals surface area (Å²) in [4.78, 5) is 2.52. The van der Waals surface area contributed by atoms with Gasteiger partial charge in [-0.2, -0.15) is 5.26 Å². The van der Waals surface area contributed by atoms with Crippen LogP contribution in [0.5, 0.6) is 0 Å². The summed E-state index contributed by atoms with van der Waals surface area (Å²) in [5, 5.41) is 14.4. The van der Waals surface area contributed by atoms with Crippen molar-refractivity contribution in [1.82, 2.24) is 4.57 Å². The summed E-state index contributed by atoms with van der Waals surface area (Å²) in [7, 11) is 0. The van der Waals surface area contributed by atoms with Crippen molar-refractivity contribution < 1.29 is 0 Å². The number of fused-ring (bicyclic) bond motifs is 7. The summed E-state index contributed by atoms with van der Waals surface area (Å²) in [5.41, 5.74) is 1.89. The van der Waals surface area contributed by atoms with Crippen LogP contribution in [0.1, 0.15) is 5.56 Å². The van der Waals surface area contributed by atoms with E-state index in [0.717, 1.165) is 0 Å². The van der Waals surface area contributed by atoms with Gasteiger partial charge in [0.05, 0.1) is 11.6 Å². The molecule has 0 atom stereocenters. The van der Waals surface area contributed by atoms with Gasteiger partial charge in [0.15, 0.2) is 0 Å². The van der Waals surface area contributed by atoms with E-state index >= 15 is 0 Å². The average molecular weight is 380 g/mol. The normalized spacial score (nSPS) is 11.7. The third-order valence-corrected chi connectivity index (χ3v) is 7.36. The lowest BCUT2D eigenvalue weighted by atomic mass is 10.1. The highest BCUT2D eigenvalue weighted by molar-refractivity contribution is 7.28. The molecule has 0 bridgehead atoms. The van der Waals surface area contributed by atoms with Gasteiger partial charge >= 0.3 is 0 Å². The molecule has 0 unspecified atom stereocenters. The second kappa shape index (κ2) is 5.43. The number of hydrogen-bond donors (Lipinski definition) is 0. The molecule has 27 heavy (non-hydrogen) atoms. The first kappa shape index (κ1) is 15.0. The Kier molecular flexibility index (Phi) is 3.01. The molecular formula is C23H12N2S2. The molecule has 3 heterocycles. The summed E-state index contributed by atoms with van der Waals surface area (Å²) in [6.45, 7) is 0. The van der Waals surface area contributed by atoms with Crippen molar-refractivity contribution >= 4 is 63.3 Å². The Bertz CT molecular complexity index is 1530. The van der Waals surface area contributed by atoms with Crippen molar-refractivity contribution in [1.29, 1.82) is 5.26 Å². The maximum absolute atomic E-state index is 9.39. The van der Waals surface area contributed by atoms with E-state index < -0.39 is 0 Å². The van der Waals surface area contributed by atoms with Crippen molar-refractivity contribution in [3.05, 3.63) is 78.4 Å². The van der Waals surface area contributed by atoms with Crippen molar-refractivity contribution in [3.8, 4) is 11.8 Å². The monoisotopic (exact) mass is 380 g/mol. The Balaban J connectivity index is 1.92. The number of nitriles is 1. The third-order valence-electron chi connectivity index (χ3n) is 5.05. The lowest BCUT2D eigenvalue weighted by Crippen LogP contribution is -1.89. The van der Waals surface area contributed by atoms with Gasteiger partial charge in [-0.3, -0.25) is 4.57 Å². The molecule has 0 saturated heterocycles. The van der Waals surface area contributed by atoms with E-state index in [-0.39, 0.29) is 0 Å². The first-order chi connectivity index (χ1) is 13.3. The van der Waals surface area contributed by atoms with Gasteiger partial charge in [-0.1, -0.05) is 36.4 Å². The van der Waals surface area contributed by atoms with Crippen LogP contribution in [0.15, 0.2) is 72.8 Å². The number of rotatable bonds is 1. The maximum Gasteiger partial charge on any atom is 0.110 e. The van der Waals surface area contributed by atoms with Crippen LogP contribution in [0, 0.1) is 11.3 Å². The van der Waals surface area contributed by atoms with E-state index in [9.17, 15) is 5.26 Å². The number of hydrogen-bond acceptors (Lipinski definition) is 3. The Morgan fingerprint density at radius 3 is 2.15 bits per heavy atom. The average Bonchev–Trinajstić information content (AvgIpc) is 3.34. The minimum Gasteiger partial charge on any atom is -0.292 e. The molecule has 126 valence electrons. The molecule has 3 aromatic heterocycles. The van der Waals surface area contributed by atoms with E-state index in [4.69, 9.17) is 0 Å². The van der Waals surface area contributed by atoms with Crippen molar-refractivity contribution in [2.75, 3.05) is 0 Å². The summed E-state index contributed by atoms with van der Waals surface area (Å²) < 4.78 is 4.90. The molecule has 0 amide bonds. The number of para-hydroxylation sites is 1. The molecular weight excluding hydrogens is 368 g/mol. The van der Waals surface area contributed by atoms with Crippen LogP contribution in [0.3, 0.4) is 0 Å². The first-order valence-electron chi connectivity index (χ1n) is 8.69. The van der Waals surface area contributed by atoms with Gasteiger partial charge in [0.2, 0.25) is 0 Å². The topological polar surface area (TPSA) is 28.7 Å². The molecule has 0 spiro atoms. The molecule has 4 heteroatoms. The van der Waals surface area contributed by atoms with Gasteiger partial charge in [-0.05, 0) is 36.4 Å². The first-order valence-corrected chi connectivity index (χ1v) is 10.3. The standard InChI is InChI=1S/C23H12N2S2/c24-13-14-10-11-19-17(12-14)21-20-16-8-4-5-9-18(16)26-22(20)25(23(21)27-19)15-6-2-1-3-7-15/h1-12H. The Hall–Kier alpha value is -3.13. The highest BCUT2D eigenvalue weighted by Gasteiger charge is 2.21. The van der Waals surface area contributed by atoms with Crippen molar-refractivity contribution in [2.45, 2.75) is 0 Å². The number of thiophene rings is 2. The van der Waals surface area contributed by atoms with Gasteiger partial charge < -0.3 is 0 Å². The Labute approximate surface area is 163 Å². The van der Waals surface area contributed by atoms with Crippen LogP contribution in [-0.4, -0.2) is 4.57 Å². The SMILES string of the molecule is N#Cc1ccc2sc3c(c2c1)c1c2ccccc2sc1n3-c1ccccc1. The zero-order valence-corrected chi connectivity index (χ0v) is 15.8. The van der Waals surface area contributed by atoms with Crippen molar-refractivity contribution in [2.24, 2.45) is 0 Å². The summed E-state index contributed by atoms with van der Waals surface area (Å²) >= 11 is 3.64. The second-order valence-corrected chi connectivity index (χ2v) is 8.62. The number of nitrogens with zero attached hydrogens (tertiary/aromatic N) is 2. The van der Waals surface area contributed by atoms with Crippen LogP contribution in [0.4, 0.5) is 0 Å². The molecule has 0 aliphatic carbocycles. The molecule has 0 radical (unpaired) electrons. The minimum atomic E-state index is 0.711. The zero-order valence-electron chi connectivity index (χ0n) is 14.1. The Morgan fingerprint density at radius 2 is 1.37 bits per heavy atom. The highest BCUT2D eigenvalue weighted by atomic mass is 32.1. The lowest BCUT2D eigenvalue weighted by molar-refractivity contribution is 1.21. The predicted octanol–water partition coefficient (Wildman–Crippen LogP) is 7.08. The lowest BCUT2D eigenvalue weighted by Gasteiger charge is -2.04. The van der Waals surface area contributed by atoms with E-state index in [2.05, 4.69) is 71.3 Å². The van der Waals surface area contributed by atoms with E-state index in [1.165, 1.54) is 46.3 Å². The van der Waals surface area contributed by atoms with Gasteiger partial charge in [0, 0.05) is 36.6 Å². The van der Waals surface area contributed by atoms with Gasteiger partial charge in [0.1, 0.15) is 9.66 Å². The van der Waals surface area contributed by atoms with E-state index in [1.54, 1.807) is 11.3 Å². The summed E-state index contributed by atoms with van der Waals surface area (Å²) in [6.07, 6.45) is 0. The molecule has 0 saturated carbocycles. The second-order valence-electron chi connectivity index (χ2n) is 6.55.